The van der Waals surface area contributed by atoms with Crippen LogP contribution >= 0.6 is 0 Å². The lowest BCUT2D eigenvalue weighted by atomic mass is 9.98. The molecule has 2 aromatic carbocycles. The van der Waals surface area contributed by atoms with E-state index in [0.717, 1.165) is 33.0 Å². The number of carbonyl (C=O) groups is 1. The van der Waals surface area contributed by atoms with E-state index in [1.165, 1.54) is 0 Å². The van der Waals surface area contributed by atoms with Crippen molar-refractivity contribution in [3.05, 3.63) is 59.9 Å². The van der Waals surface area contributed by atoms with Gasteiger partial charge in [0.1, 0.15) is 11.4 Å². The molecule has 0 radical (unpaired) electrons. The smallest absolute Gasteiger partial charge is 0.355 e. The van der Waals surface area contributed by atoms with Gasteiger partial charge < -0.3 is 23.3 Å². The molecule has 6 nitrogen and oxygen atoms in total. The van der Waals surface area contributed by atoms with E-state index < -0.39 is 5.97 Å². The van der Waals surface area contributed by atoms with E-state index in [-0.39, 0.29) is 6.61 Å². The van der Waals surface area contributed by atoms with Gasteiger partial charge in [0.25, 0.3) is 0 Å². The number of hydrogen-bond donors (Lipinski definition) is 0. The minimum Gasteiger partial charge on any atom is -0.496 e. The molecule has 0 saturated carbocycles. The molecular weight excluding hydrogens is 394 g/mol. The van der Waals surface area contributed by atoms with Gasteiger partial charge in [0.15, 0.2) is 11.5 Å². The molecule has 0 atom stereocenters. The molecule has 0 N–H and O–H groups in total. The largest absolute Gasteiger partial charge is 0.496 e. The molecule has 0 amide bonds. The summed E-state index contributed by atoms with van der Waals surface area (Å²) in [5, 5.41) is 2.15. The first-order valence-corrected chi connectivity index (χ1v) is 10.1. The van der Waals surface area contributed by atoms with E-state index in [1.807, 2.05) is 41.8 Å². The van der Waals surface area contributed by atoms with Gasteiger partial charge in [0, 0.05) is 28.8 Å². The van der Waals surface area contributed by atoms with Gasteiger partial charge in [-0.2, -0.15) is 0 Å². The molecule has 4 aromatic rings. The van der Waals surface area contributed by atoms with E-state index in [1.54, 1.807) is 34.3 Å². The van der Waals surface area contributed by atoms with Crippen molar-refractivity contribution in [3.63, 3.8) is 0 Å². The summed E-state index contributed by atoms with van der Waals surface area (Å²) in [5.41, 5.74) is 3.82. The maximum Gasteiger partial charge on any atom is 0.355 e. The van der Waals surface area contributed by atoms with Crippen LogP contribution in [0.25, 0.3) is 27.4 Å². The highest BCUT2D eigenvalue weighted by molar-refractivity contribution is 6.07. The van der Waals surface area contributed by atoms with Gasteiger partial charge in [-0.05, 0) is 36.9 Å². The van der Waals surface area contributed by atoms with Crippen molar-refractivity contribution in [2.75, 3.05) is 27.9 Å². The molecule has 0 spiro atoms. The Balaban J connectivity index is 2.15. The number of benzene rings is 2. The van der Waals surface area contributed by atoms with Crippen LogP contribution in [0.15, 0.2) is 48.7 Å². The minimum atomic E-state index is -0.396. The van der Waals surface area contributed by atoms with Gasteiger partial charge in [-0.1, -0.05) is 24.3 Å². The maximum absolute atomic E-state index is 13.1. The minimum absolute atomic E-state index is 0.279. The Morgan fingerprint density at radius 2 is 1.61 bits per heavy atom. The predicted octanol–water partition coefficient (Wildman–Crippen LogP) is 5.27. The first kappa shape index (κ1) is 20.6. The number of esters is 1. The second kappa shape index (κ2) is 8.22. The average molecular weight is 419 g/mol. The van der Waals surface area contributed by atoms with Crippen molar-refractivity contribution < 1.29 is 23.7 Å². The number of aromatic nitrogens is 1. The fourth-order valence-electron chi connectivity index (χ4n) is 4.16. The van der Waals surface area contributed by atoms with Crippen LogP contribution in [-0.2, 0) is 4.74 Å². The number of carbonyl (C=O) groups excluding carboxylic acids is 1. The molecule has 31 heavy (non-hydrogen) atoms. The van der Waals surface area contributed by atoms with Crippen LogP contribution in [0.4, 0.5) is 0 Å². The molecule has 0 fully saturated rings. The Hall–Kier alpha value is -3.67. The Morgan fingerprint density at radius 3 is 2.29 bits per heavy atom. The number of aryl methyl sites for hydroxylation is 1. The normalized spacial score (nSPS) is 11.0. The lowest BCUT2D eigenvalue weighted by Gasteiger charge is -2.15. The van der Waals surface area contributed by atoms with Gasteiger partial charge in [-0.15, -0.1) is 0 Å². The third-order valence-corrected chi connectivity index (χ3v) is 5.51. The maximum atomic E-state index is 13.1. The summed E-state index contributed by atoms with van der Waals surface area (Å²) in [6.07, 6.45) is 1.91. The summed E-state index contributed by atoms with van der Waals surface area (Å²) < 4.78 is 24.0. The summed E-state index contributed by atoms with van der Waals surface area (Å²) >= 11 is 0. The van der Waals surface area contributed by atoms with E-state index in [9.17, 15) is 4.79 Å². The summed E-state index contributed by atoms with van der Waals surface area (Å²) in [5.74, 6) is 1.28. The molecule has 160 valence electrons. The van der Waals surface area contributed by atoms with Crippen LogP contribution in [0.1, 0.15) is 23.0 Å². The van der Waals surface area contributed by atoms with Gasteiger partial charge >= 0.3 is 5.97 Å². The SMILES string of the molecule is CCOC(=O)c1c(-c2cc(OC)c(OC)cc2OC)c(C)c2c3ccccc3ccn12. The van der Waals surface area contributed by atoms with Crippen LogP contribution in [-0.4, -0.2) is 38.3 Å². The standard InChI is InChI=1S/C25H25NO5/c1-6-31-25(27)24-22(18-13-20(29-4)21(30-5)14-19(18)28-3)15(2)23-17-10-8-7-9-16(17)11-12-26(23)24/h7-14H,6H2,1-5H3. The van der Waals surface area contributed by atoms with E-state index in [2.05, 4.69) is 12.1 Å². The predicted molar refractivity (Wildman–Crippen MR) is 121 cm³/mol. The molecule has 0 aliphatic heterocycles. The number of rotatable bonds is 6. The van der Waals surface area contributed by atoms with Gasteiger partial charge in [-0.25, -0.2) is 4.79 Å². The molecule has 4 rings (SSSR count). The van der Waals surface area contributed by atoms with E-state index in [0.29, 0.717) is 22.9 Å². The Labute approximate surface area is 180 Å². The molecule has 2 aromatic heterocycles. The molecule has 2 heterocycles. The Bertz CT molecular complexity index is 1290. The third kappa shape index (κ3) is 3.24. The zero-order chi connectivity index (χ0) is 22.1. The number of pyridine rings is 1. The van der Waals surface area contributed by atoms with Crippen molar-refractivity contribution in [3.8, 4) is 28.4 Å². The lowest BCUT2D eigenvalue weighted by molar-refractivity contribution is 0.0519. The van der Waals surface area contributed by atoms with Crippen LogP contribution in [0.2, 0.25) is 0 Å². The van der Waals surface area contributed by atoms with Gasteiger partial charge in [0.05, 0.1) is 33.5 Å². The van der Waals surface area contributed by atoms with Gasteiger partial charge in [0.2, 0.25) is 0 Å². The quantitative estimate of drug-likeness (QED) is 0.399. The van der Waals surface area contributed by atoms with Crippen LogP contribution in [0, 0.1) is 6.92 Å². The fourth-order valence-corrected chi connectivity index (χ4v) is 4.16. The molecule has 0 bridgehead atoms. The zero-order valence-electron chi connectivity index (χ0n) is 18.3. The average Bonchev–Trinajstić information content (AvgIpc) is 3.10. The summed E-state index contributed by atoms with van der Waals surface area (Å²) in [6.45, 7) is 4.09. The van der Waals surface area contributed by atoms with Crippen LogP contribution in [0.5, 0.6) is 17.2 Å². The van der Waals surface area contributed by atoms with Crippen molar-refractivity contribution >= 4 is 22.3 Å². The number of nitrogens with zero attached hydrogens (tertiary/aromatic N) is 1. The number of methoxy groups -OCH3 is 3. The molecule has 0 aliphatic rings. The topological polar surface area (TPSA) is 58.4 Å². The van der Waals surface area contributed by atoms with Crippen molar-refractivity contribution in [1.29, 1.82) is 0 Å². The van der Waals surface area contributed by atoms with E-state index >= 15 is 0 Å². The second-order valence-corrected chi connectivity index (χ2v) is 7.10. The fraction of sp³-hybridized carbons (Fsp3) is 0.240. The lowest BCUT2D eigenvalue weighted by Crippen LogP contribution is -2.09. The third-order valence-electron chi connectivity index (χ3n) is 5.51. The summed E-state index contributed by atoms with van der Waals surface area (Å²) in [4.78, 5) is 13.1. The highest BCUT2D eigenvalue weighted by atomic mass is 16.5. The summed E-state index contributed by atoms with van der Waals surface area (Å²) in [6, 6.07) is 13.7. The number of fused-ring (bicyclic) bond motifs is 3. The van der Waals surface area contributed by atoms with E-state index in [4.69, 9.17) is 18.9 Å². The number of hydrogen-bond acceptors (Lipinski definition) is 5. The number of ether oxygens (including phenoxy) is 4. The summed E-state index contributed by atoms with van der Waals surface area (Å²) in [7, 11) is 4.75. The van der Waals surface area contributed by atoms with Crippen LogP contribution < -0.4 is 14.2 Å². The second-order valence-electron chi connectivity index (χ2n) is 7.10. The molecule has 6 heteroatoms. The highest BCUT2D eigenvalue weighted by Crippen LogP contribution is 2.45. The molecular formula is C25H25NO5. The first-order chi connectivity index (χ1) is 15.0. The molecule has 0 aliphatic carbocycles. The molecule has 0 saturated heterocycles. The van der Waals surface area contributed by atoms with Crippen molar-refractivity contribution in [1.82, 2.24) is 4.40 Å². The van der Waals surface area contributed by atoms with Gasteiger partial charge in [-0.3, -0.25) is 0 Å². The zero-order valence-corrected chi connectivity index (χ0v) is 18.3. The highest BCUT2D eigenvalue weighted by Gasteiger charge is 2.27. The van der Waals surface area contributed by atoms with Crippen molar-refractivity contribution in [2.45, 2.75) is 13.8 Å². The monoisotopic (exact) mass is 419 g/mol. The van der Waals surface area contributed by atoms with Crippen molar-refractivity contribution in [2.24, 2.45) is 0 Å². The Morgan fingerprint density at radius 1 is 0.935 bits per heavy atom. The Kier molecular flexibility index (Phi) is 5.46. The first-order valence-electron chi connectivity index (χ1n) is 10.1. The van der Waals surface area contributed by atoms with Crippen LogP contribution in [0.3, 0.4) is 0 Å². The molecule has 0 unspecified atom stereocenters.